The maximum Gasteiger partial charge on any atom is 0.232 e. The first-order valence-corrected chi connectivity index (χ1v) is 10.2. The van der Waals surface area contributed by atoms with Gasteiger partial charge in [-0.25, -0.2) is 0 Å². The van der Waals surface area contributed by atoms with Gasteiger partial charge in [0.05, 0.1) is 24.2 Å². The zero-order chi connectivity index (χ0) is 19.3. The molecule has 1 aliphatic heterocycles. The molecule has 0 radical (unpaired) electrons. The molecule has 0 spiro atoms. The standard InChI is InChI=1S/C21H22N4O2S/c1-16(19(26)17-8-4-2-5-9-17)28-21-23-22-20(24-12-14-27-15-13-24)25(21)18-10-6-3-7-11-18/h2-11,16H,12-15H2,1H3. The van der Waals surface area contributed by atoms with Crippen LogP contribution in [0.4, 0.5) is 5.95 Å². The summed E-state index contributed by atoms with van der Waals surface area (Å²) in [6.45, 7) is 4.81. The van der Waals surface area contributed by atoms with E-state index in [0.717, 1.165) is 24.7 Å². The number of para-hydroxylation sites is 1. The molecular weight excluding hydrogens is 372 g/mol. The molecule has 3 aromatic rings. The topological polar surface area (TPSA) is 60.2 Å². The Kier molecular flexibility index (Phi) is 5.73. The predicted molar refractivity (Wildman–Crippen MR) is 110 cm³/mol. The summed E-state index contributed by atoms with van der Waals surface area (Å²) >= 11 is 1.43. The first kappa shape index (κ1) is 18.7. The van der Waals surface area contributed by atoms with Gasteiger partial charge in [0.2, 0.25) is 5.95 Å². The molecule has 7 heteroatoms. The predicted octanol–water partition coefficient (Wildman–Crippen LogP) is 3.47. The van der Waals surface area contributed by atoms with Crippen molar-refractivity contribution in [2.75, 3.05) is 31.2 Å². The van der Waals surface area contributed by atoms with Gasteiger partial charge in [-0.05, 0) is 19.1 Å². The number of thioether (sulfide) groups is 1. The first-order valence-electron chi connectivity index (χ1n) is 9.33. The summed E-state index contributed by atoms with van der Waals surface area (Å²) in [4.78, 5) is 15.0. The van der Waals surface area contributed by atoms with Crippen LogP contribution in [0.1, 0.15) is 17.3 Å². The number of benzene rings is 2. The number of carbonyl (C=O) groups is 1. The highest BCUT2D eigenvalue weighted by Crippen LogP contribution is 2.30. The van der Waals surface area contributed by atoms with E-state index in [1.165, 1.54) is 11.8 Å². The number of ether oxygens (including phenoxy) is 1. The van der Waals surface area contributed by atoms with Crippen LogP contribution in [0, 0.1) is 0 Å². The molecule has 6 nitrogen and oxygen atoms in total. The third-order valence-corrected chi connectivity index (χ3v) is 5.68. The monoisotopic (exact) mass is 394 g/mol. The van der Waals surface area contributed by atoms with Crippen molar-refractivity contribution in [2.45, 2.75) is 17.3 Å². The van der Waals surface area contributed by atoms with E-state index in [1.807, 2.05) is 72.2 Å². The minimum absolute atomic E-state index is 0.0844. The second-order valence-corrected chi connectivity index (χ2v) is 7.85. The van der Waals surface area contributed by atoms with Crippen LogP contribution < -0.4 is 4.90 Å². The Bertz CT molecular complexity index is 924. The van der Waals surface area contributed by atoms with Gasteiger partial charge >= 0.3 is 0 Å². The number of anilines is 1. The number of ketones is 1. The summed E-state index contributed by atoms with van der Waals surface area (Å²) in [5.74, 6) is 0.873. The molecule has 0 amide bonds. The molecular formula is C21H22N4O2S. The molecule has 1 saturated heterocycles. The van der Waals surface area contributed by atoms with Gasteiger partial charge in [-0.3, -0.25) is 9.36 Å². The highest BCUT2D eigenvalue weighted by molar-refractivity contribution is 8.00. The van der Waals surface area contributed by atoms with Crippen molar-refractivity contribution in [1.29, 1.82) is 0 Å². The largest absolute Gasteiger partial charge is 0.378 e. The Hall–Kier alpha value is -2.64. The number of morpholine rings is 1. The lowest BCUT2D eigenvalue weighted by Crippen LogP contribution is -2.37. The molecule has 4 rings (SSSR count). The fourth-order valence-electron chi connectivity index (χ4n) is 3.16. The van der Waals surface area contributed by atoms with Crippen molar-refractivity contribution < 1.29 is 9.53 Å². The number of nitrogens with zero attached hydrogens (tertiary/aromatic N) is 4. The molecule has 2 heterocycles. The van der Waals surface area contributed by atoms with E-state index in [0.29, 0.717) is 23.9 Å². The zero-order valence-electron chi connectivity index (χ0n) is 15.7. The quantitative estimate of drug-likeness (QED) is 0.471. The summed E-state index contributed by atoms with van der Waals surface area (Å²) in [5.41, 5.74) is 1.69. The molecule has 0 bridgehead atoms. The maximum absolute atomic E-state index is 12.8. The maximum atomic E-state index is 12.8. The average molecular weight is 395 g/mol. The molecule has 0 aliphatic carbocycles. The van der Waals surface area contributed by atoms with Crippen LogP contribution >= 0.6 is 11.8 Å². The van der Waals surface area contributed by atoms with E-state index >= 15 is 0 Å². The highest BCUT2D eigenvalue weighted by Gasteiger charge is 2.25. The fourth-order valence-corrected chi connectivity index (χ4v) is 4.10. The second kappa shape index (κ2) is 8.58. The van der Waals surface area contributed by atoms with Crippen molar-refractivity contribution in [3.63, 3.8) is 0 Å². The molecule has 1 aliphatic rings. The van der Waals surface area contributed by atoms with Gasteiger partial charge in [-0.1, -0.05) is 60.3 Å². The number of hydrogen-bond donors (Lipinski definition) is 0. The third-order valence-electron chi connectivity index (χ3n) is 4.63. The summed E-state index contributed by atoms with van der Waals surface area (Å²) in [7, 11) is 0. The molecule has 1 aromatic heterocycles. The molecule has 144 valence electrons. The van der Waals surface area contributed by atoms with Gasteiger partial charge in [0, 0.05) is 18.7 Å². The van der Waals surface area contributed by atoms with E-state index in [9.17, 15) is 4.79 Å². The van der Waals surface area contributed by atoms with E-state index in [1.54, 1.807) is 0 Å². The number of hydrogen-bond acceptors (Lipinski definition) is 6. The van der Waals surface area contributed by atoms with Gasteiger partial charge in [-0.2, -0.15) is 0 Å². The van der Waals surface area contributed by atoms with Gasteiger partial charge in [0.1, 0.15) is 0 Å². The summed E-state index contributed by atoms with van der Waals surface area (Å²) in [6, 6.07) is 19.4. The second-order valence-electron chi connectivity index (χ2n) is 6.54. The average Bonchev–Trinajstić information content (AvgIpc) is 3.18. The molecule has 1 unspecified atom stereocenters. The SMILES string of the molecule is CC(Sc1nnc(N2CCOCC2)n1-c1ccccc1)C(=O)c1ccccc1. The smallest absolute Gasteiger partial charge is 0.232 e. The van der Waals surface area contributed by atoms with Crippen molar-refractivity contribution in [3.8, 4) is 5.69 Å². The Morgan fingerprint density at radius 1 is 1.00 bits per heavy atom. The number of rotatable bonds is 6. The lowest BCUT2D eigenvalue weighted by atomic mass is 10.1. The van der Waals surface area contributed by atoms with Crippen molar-refractivity contribution in [3.05, 3.63) is 66.2 Å². The summed E-state index contributed by atoms with van der Waals surface area (Å²) in [6.07, 6.45) is 0. The molecule has 0 N–H and O–H groups in total. The Morgan fingerprint density at radius 3 is 2.32 bits per heavy atom. The van der Waals surface area contributed by atoms with Crippen molar-refractivity contribution in [1.82, 2.24) is 14.8 Å². The van der Waals surface area contributed by atoms with Crippen LogP contribution in [0.15, 0.2) is 65.8 Å². The van der Waals surface area contributed by atoms with Gasteiger partial charge in [0.15, 0.2) is 10.9 Å². The molecule has 2 aromatic carbocycles. The number of carbonyl (C=O) groups excluding carboxylic acids is 1. The lowest BCUT2D eigenvalue weighted by molar-refractivity contribution is 0.0994. The Morgan fingerprint density at radius 2 is 1.64 bits per heavy atom. The van der Waals surface area contributed by atoms with Gasteiger partial charge in [-0.15, -0.1) is 10.2 Å². The first-order chi connectivity index (χ1) is 13.7. The number of Topliss-reactive ketones (excluding diaryl/α,β-unsaturated/α-hetero) is 1. The van der Waals surface area contributed by atoms with Crippen molar-refractivity contribution in [2.24, 2.45) is 0 Å². The van der Waals surface area contributed by atoms with E-state index in [4.69, 9.17) is 4.74 Å². The van der Waals surface area contributed by atoms with E-state index in [-0.39, 0.29) is 11.0 Å². The molecule has 1 atom stereocenters. The minimum atomic E-state index is -0.272. The lowest BCUT2D eigenvalue weighted by Gasteiger charge is -2.28. The summed E-state index contributed by atoms with van der Waals surface area (Å²) < 4.78 is 7.50. The van der Waals surface area contributed by atoms with Crippen LogP contribution in [0.5, 0.6) is 0 Å². The summed E-state index contributed by atoms with van der Waals surface area (Å²) in [5, 5.41) is 9.32. The van der Waals surface area contributed by atoms with Crippen LogP contribution in [-0.4, -0.2) is 52.1 Å². The third kappa shape index (κ3) is 3.95. The van der Waals surface area contributed by atoms with Crippen LogP contribution in [0.2, 0.25) is 0 Å². The Balaban J connectivity index is 1.65. The van der Waals surface area contributed by atoms with Crippen LogP contribution in [0.25, 0.3) is 5.69 Å². The Labute approximate surface area is 168 Å². The molecule has 28 heavy (non-hydrogen) atoms. The zero-order valence-corrected chi connectivity index (χ0v) is 16.5. The minimum Gasteiger partial charge on any atom is -0.378 e. The van der Waals surface area contributed by atoms with Gasteiger partial charge < -0.3 is 9.64 Å². The molecule has 1 fully saturated rings. The van der Waals surface area contributed by atoms with E-state index in [2.05, 4.69) is 15.1 Å². The number of aromatic nitrogens is 3. The van der Waals surface area contributed by atoms with E-state index < -0.39 is 0 Å². The van der Waals surface area contributed by atoms with Crippen molar-refractivity contribution >= 4 is 23.5 Å². The van der Waals surface area contributed by atoms with Crippen LogP contribution in [-0.2, 0) is 4.74 Å². The molecule has 0 saturated carbocycles. The van der Waals surface area contributed by atoms with Crippen LogP contribution in [0.3, 0.4) is 0 Å². The normalized spacial score (nSPS) is 15.4. The van der Waals surface area contributed by atoms with Gasteiger partial charge in [0.25, 0.3) is 0 Å². The highest BCUT2D eigenvalue weighted by atomic mass is 32.2. The fraction of sp³-hybridized carbons (Fsp3) is 0.286.